The van der Waals surface area contributed by atoms with Crippen molar-refractivity contribution in [3.8, 4) is 0 Å². The molecule has 4 N–H and O–H groups in total. The molecule has 1 unspecified atom stereocenters. The Morgan fingerprint density at radius 1 is 0.412 bits per heavy atom. The summed E-state index contributed by atoms with van der Waals surface area (Å²) in [5, 5.41) is 0. The number of unbranched alkanes of at least 4 members (excludes halogenated alkanes) is 18. The first-order valence-corrected chi connectivity index (χ1v) is 15.9. The predicted molar refractivity (Wildman–Crippen MR) is 157 cm³/mol. The molecule has 2 heteroatoms. The Hall–Kier alpha value is -0.0800. The van der Waals surface area contributed by atoms with Gasteiger partial charge in [0, 0.05) is 5.54 Å². The molecule has 0 aromatic rings. The molecule has 0 aliphatic carbocycles. The molecule has 1 atom stereocenters. The van der Waals surface area contributed by atoms with E-state index in [2.05, 4.69) is 27.7 Å². The van der Waals surface area contributed by atoms with Crippen LogP contribution in [0.3, 0.4) is 0 Å². The van der Waals surface area contributed by atoms with Crippen LogP contribution in [0.1, 0.15) is 195 Å². The van der Waals surface area contributed by atoms with Gasteiger partial charge in [0.05, 0.1) is 0 Å². The summed E-state index contributed by atoms with van der Waals surface area (Å²) in [4.78, 5) is 0. The second-order valence-corrected chi connectivity index (χ2v) is 11.4. The Morgan fingerprint density at radius 3 is 1.03 bits per heavy atom. The van der Waals surface area contributed by atoms with Crippen LogP contribution < -0.4 is 5.73 Å². The highest BCUT2D eigenvalue weighted by molar-refractivity contribution is 4.91. The normalized spacial score (nSPS) is 12.6. The maximum absolute atomic E-state index is 7.34. The first-order chi connectivity index (χ1) is 16.1. The SMILES string of the molecule is CCCCCCCCCCCCC(CCCCCC)C(N)(CCCCCC)CCCCCC.O. The Bertz CT molecular complexity index is 358. The number of hydrogen-bond donors (Lipinski definition) is 1. The average Bonchev–Trinajstić information content (AvgIpc) is 2.82. The van der Waals surface area contributed by atoms with Gasteiger partial charge >= 0.3 is 0 Å². The molecule has 0 amide bonds. The lowest BCUT2D eigenvalue weighted by Crippen LogP contribution is -2.47. The van der Waals surface area contributed by atoms with E-state index in [1.54, 1.807) is 0 Å². The Kier molecular flexibility index (Phi) is 29.2. The molecule has 2 nitrogen and oxygen atoms in total. The van der Waals surface area contributed by atoms with Gasteiger partial charge in [0.1, 0.15) is 0 Å². The lowest BCUT2D eigenvalue weighted by molar-refractivity contribution is 0.190. The van der Waals surface area contributed by atoms with Gasteiger partial charge in [-0.15, -0.1) is 0 Å². The van der Waals surface area contributed by atoms with E-state index in [-0.39, 0.29) is 11.0 Å². The smallest absolute Gasteiger partial charge is 0.0182 e. The highest BCUT2D eigenvalue weighted by Gasteiger charge is 2.33. The summed E-state index contributed by atoms with van der Waals surface area (Å²) in [7, 11) is 0. The number of hydrogen-bond acceptors (Lipinski definition) is 1. The van der Waals surface area contributed by atoms with Crippen LogP contribution in [0, 0.1) is 5.92 Å². The fourth-order valence-corrected chi connectivity index (χ4v) is 5.71. The molecule has 0 fully saturated rings. The van der Waals surface area contributed by atoms with E-state index in [1.807, 2.05) is 0 Å². The van der Waals surface area contributed by atoms with Crippen LogP contribution in [0.5, 0.6) is 0 Å². The summed E-state index contributed by atoms with van der Waals surface area (Å²) >= 11 is 0. The van der Waals surface area contributed by atoms with Crippen LogP contribution in [0.15, 0.2) is 0 Å². The van der Waals surface area contributed by atoms with E-state index in [4.69, 9.17) is 5.73 Å². The van der Waals surface area contributed by atoms with Crippen molar-refractivity contribution in [1.82, 2.24) is 0 Å². The van der Waals surface area contributed by atoms with E-state index in [0.29, 0.717) is 0 Å². The lowest BCUT2D eigenvalue weighted by Gasteiger charge is -2.39. The van der Waals surface area contributed by atoms with Crippen molar-refractivity contribution >= 4 is 0 Å². The zero-order chi connectivity index (χ0) is 24.5. The summed E-state index contributed by atoms with van der Waals surface area (Å²) < 4.78 is 0. The van der Waals surface area contributed by atoms with Gasteiger partial charge in [-0.1, -0.05) is 169 Å². The van der Waals surface area contributed by atoms with Crippen molar-refractivity contribution in [2.24, 2.45) is 11.7 Å². The molecule has 0 saturated heterocycles. The largest absolute Gasteiger partial charge is 0.412 e. The van der Waals surface area contributed by atoms with Gasteiger partial charge in [0.25, 0.3) is 0 Å². The van der Waals surface area contributed by atoms with Gasteiger partial charge in [-0.05, 0) is 31.6 Å². The van der Waals surface area contributed by atoms with Crippen LogP contribution in [0.2, 0.25) is 0 Å². The van der Waals surface area contributed by atoms with E-state index >= 15 is 0 Å². The summed E-state index contributed by atoms with van der Waals surface area (Å²) in [6.07, 6.45) is 36.1. The molecule has 208 valence electrons. The van der Waals surface area contributed by atoms with Crippen molar-refractivity contribution in [3.63, 3.8) is 0 Å². The minimum absolute atomic E-state index is 0. The van der Waals surface area contributed by atoms with Gasteiger partial charge < -0.3 is 11.2 Å². The van der Waals surface area contributed by atoms with Gasteiger partial charge in [-0.2, -0.15) is 0 Å². The Labute approximate surface area is 217 Å². The Morgan fingerprint density at radius 2 is 0.676 bits per heavy atom. The summed E-state index contributed by atoms with van der Waals surface area (Å²) in [5.41, 5.74) is 7.45. The van der Waals surface area contributed by atoms with Crippen molar-refractivity contribution in [1.29, 1.82) is 0 Å². The summed E-state index contributed by atoms with van der Waals surface area (Å²) in [5.74, 6) is 0.756. The lowest BCUT2D eigenvalue weighted by atomic mass is 9.72. The van der Waals surface area contributed by atoms with Gasteiger partial charge in [0.2, 0.25) is 0 Å². The zero-order valence-electron chi connectivity index (χ0n) is 24.5. The molecule has 0 heterocycles. The third kappa shape index (κ3) is 21.2. The molecular weight excluding hydrogens is 414 g/mol. The van der Waals surface area contributed by atoms with Crippen molar-refractivity contribution in [2.75, 3.05) is 0 Å². The second kappa shape index (κ2) is 27.5. The molecule has 0 aromatic carbocycles. The van der Waals surface area contributed by atoms with E-state index in [1.165, 1.54) is 167 Å². The van der Waals surface area contributed by atoms with Gasteiger partial charge in [-0.3, -0.25) is 0 Å². The van der Waals surface area contributed by atoms with Crippen LogP contribution >= 0.6 is 0 Å². The van der Waals surface area contributed by atoms with Crippen LogP contribution in [0.25, 0.3) is 0 Å². The van der Waals surface area contributed by atoms with Gasteiger partial charge in [0.15, 0.2) is 0 Å². The van der Waals surface area contributed by atoms with E-state index < -0.39 is 0 Å². The van der Waals surface area contributed by atoms with Crippen LogP contribution in [0.4, 0.5) is 0 Å². The number of nitrogens with two attached hydrogens (primary N) is 1. The second-order valence-electron chi connectivity index (χ2n) is 11.4. The van der Waals surface area contributed by atoms with Gasteiger partial charge in [-0.25, -0.2) is 0 Å². The predicted octanol–water partition coefficient (Wildman–Crippen LogP) is 10.7. The molecule has 0 bridgehead atoms. The first-order valence-electron chi connectivity index (χ1n) is 15.9. The third-order valence-corrected chi connectivity index (χ3v) is 8.12. The van der Waals surface area contributed by atoms with E-state index in [0.717, 1.165) is 5.92 Å². The molecule has 0 spiro atoms. The van der Waals surface area contributed by atoms with Crippen LogP contribution in [-0.4, -0.2) is 11.0 Å². The fourth-order valence-electron chi connectivity index (χ4n) is 5.71. The maximum atomic E-state index is 7.34. The minimum Gasteiger partial charge on any atom is -0.412 e. The highest BCUT2D eigenvalue weighted by Crippen LogP contribution is 2.35. The van der Waals surface area contributed by atoms with Crippen molar-refractivity contribution in [2.45, 2.75) is 200 Å². The fraction of sp³-hybridized carbons (Fsp3) is 1.00. The monoisotopic (exact) mass is 484 g/mol. The molecule has 0 rings (SSSR count). The minimum atomic E-state index is 0. The standard InChI is InChI=1S/C32H67N.H2O/c1-5-9-13-17-18-19-20-21-22-24-28-31(27-23-14-10-6-2)32(33,29-25-15-11-7-3)30-26-16-12-8-4;/h31H,5-30,33H2,1-4H3;1H2. The molecule has 0 aromatic heterocycles. The molecule has 34 heavy (non-hydrogen) atoms. The molecule has 0 aliphatic rings. The summed E-state index contributed by atoms with van der Waals surface area (Å²) in [6.45, 7) is 9.28. The third-order valence-electron chi connectivity index (χ3n) is 8.12. The Balaban J connectivity index is 0. The topological polar surface area (TPSA) is 57.5 Å². The zero-order valence-corrected chi connectivity index (χ0v) is 24.5. The first kappa shape index (κ1) is 36.1. The van der Waals surface area contributed by atoms with Crippen LogP contribution in [-0.2, 0) is 0 Å². The number of rotatable bonds is 27. The van der Waals surface area contributed by atoms with Crippen molar-refractivity contribution in [3.05, 3.63) is 0 Å². The van der Waals surface area contributed by atoms with E-state index in [9.17, 15) is 0 Å². The molecule has 0 aliphatic heterocycles. The molecular formula is C32H69NO. The highest BCUT2D eigenvalue weighted by atomic mass is 16.0. The van der Waals surface area contributed by atoms with Crippen molar-refractivity contribution < 1.29 is 5.48 Å². The molecule has 0 saturated carbocycles. The average molecular weight is 484 g/mol. The summed E-state index contributed by atoms with van der Waals surface area (Å²) in [6, 6.07) is 0. The quantitative estimate of drug-likeness (QED) is 0.116. The molecule has 0 radical (unpaired) electrons. The maximum Gasteiger partial charge on any atom is 0.0182 e.